The Labute approximate surface area is 213 Å². The number of nitrogen functional groups attached to an aromatic ring is 1. The van der Waals surface area contributed by atoms with Crippen LogP contribution in [0.1, 0.15) is 32.6 Å². The van der Waals surface area contributed by atoms with Crippen LogP contribution < -0.4 is 30.7 Å². The molecule has 2 aromatic heterocycles. The van der Waals surface area contributed by atoms with E-state index in [0.29, 0.717) is 48.1 Å². The molecule has 0 radical (unpaired) electrons. The maximum Gasteiger partial charge on any atom is 0.299 e. The number of hydrogen-bond acceptors (Lipinski definition) is 12. The highest BCUT2D eigenvalue weighted by molar-refractivity contribution is 7.99. The molecule has 11 nitrogen and oxygen atoms in total. The summed E-state index contributed by atoms with van der Waals surface area (Å²) in [6.45, 7) is 6.14. The molecule has 6 rings (SSSR count). The van der Waals surface area contributed by atoms with Crippen LogP contribution in [-0.4, -0.2) is 72.5 Å². The Kier molecular flexibility index (Phi) is 6.05. The fraction of sp³-hybridized carbons (Fsp3) is 0.583. The zero-order valence-corrected chi connectivity index (χ0v) is 21.1. The van der Waals surface area contributed by atoms with Crippen molar-refractivity contribution in [1.82, 2.24) is 15.0 Å². The van der Waals surface area contributed by atoms with Gasteiger partial charge in [-0.15, -0.1) is 0 Å². The van der Waals surface area contributed by atoms with Gasteiger partial charge in [0, 0.05) is 31.1 Å². The lowest BCUT2D eigenvalue weighted by molar-refractivity contribution is -0.120. The van der Waals surface area contributed by atoms with Crippen molar-refractivity contribution < 1.29 is 19.0 Å². The molecule has 0 unspecified atom stereocenters. The van der Waals surface area contributed by atoms with Gasteiger partial charge in [-0.2, -0.15) is 0 Å². The maximum atomic E-state index is 11.3. The number of nitrogens with two attached hydrogens (primary N) is 2. The van der Waals surface area contributed by atoms with E-state index in [0.717, 1.165) is 56.0 Å². The van der Waals surface area contributed by atoms with Crippen molar-refractivity contribution in [3.8, 4) is 11.6 Å². The molecule has 1 spiro atoms. The smallest absolute Gasteiger partial charge is 0.299 e. The second-order valence-corrected chi connectivity index (χ2v) is 11.1. The lowest BCUT2D eigenvalue weighted by Gasteiger charge is -2.41. The van der Waals surface area contributed by atoms with Crippen LogP contribution in [0.15, 0.2) is 22.2 Å². The fourth-order valence-electron chi connectivity index (χ4n) is 5.88. The van der Waals surface area contributed by atoms with Gasteiger partial charge in [0.2, 0.25) is 0 Å². The van der Waals surface area contributed by atoms with Crippen molar-refractivity contribution in [2.75, 3.05) is 48.4 Å². The van der Waals surface area contributed by atoms with Crippen LogP contribution in [0.2, 0.25) is 0 Å². The van der Waals surface area contributed by atoms with Crippen molar-refractivity contribution in [2.45, 2.75) is 60.7 Å². The first-order chi connectivity index (χ1) is 17.5. The highest BCUT2D eigenvalue weighted by Gasteiger charge is 2.48. The number of hydrogen-bond donors (Lipinski definition) is 2. The average Bonchev–Trinajstić information content (AvgIpc) is 3.47. The molecule has 4 aliphatic rings. The number of anilines is 3. The van der Waals surface area contributed by atoms with Gasteiger partial charge in [0.05, 0.1) is 29.8 Å². The van der Waals surface area contributed by atoms with E-state index in [1.165, 1.54) is 11.8 Å². The number of carbonyl (C=O) groups excluding carboxylic acids is 1. The third-order valence-electron chi connectivity index (χ3n) is 7.99. The summed E-state index contributed by atoms with van der Waals surface area (Å²) in [5.41, 5.74) is 12.6. The summed E-state index contributed by atoms with van der Waals surface area (Å²) in [6.07, 6.45) is 5.73. The Balaban J connectivity index is 1.24. The van der Waals surface area contributed by atoms with Gasteiger partial charge in [-0.25, -0.2) is 15.0 Å². The molecule has 0 aromatic carbocycles. The largest absolute Gasteiger partial charge is 0.486 e. The van der Waals surface area contributed by atoms with Gasteiger partial charge in [-0.05, 0) is 38.7 Å². The molecule has 4 N–H and O–H groups in total. The molecule has 36 heavy (non-hydrogen) atoms. The third kappa shape index (κ3) is 4.00. The molecular formula is C24H31N7O4S. The van der Waals surface area contributed by atoms with Gasteiger partial charge >= 0.3 is 0 Å². The molecule has 12 heteroatoms. The van der Waals surface area contributed by atoms with Gasteiger partial charge < -0.3 is 35.5 Å². The minimum absolute atomic E-state index is 0.0144. The summed E-state index contributed by atoms with van der Waals surface area (Å²) < 4.78 is 17.2. The van der Waals surface area contributed by atoms with E-state index in [2.05, 4.69) is 24.8 Å². The molecule has 2 aromatic rings. The Morgan fingerprint density at radius 3 is 2.83 bits per heavy atom. The summed E-state index contributed by atoms with van der Waals surface area (Å²) in [5, 5.41) is 0.573. The monoisotopic (exact) mass is 513 g/mol. The van der Waals surface area contributed by atoms with Crippen molar-refractivity contribution in [2.24, 2.45) is 11.1 Å². The summed E-state index contributed by atoms with van der Waals surface area (Å²) in [6, 6.07) is 2.15. The number of carbonyl (C=O) groups is 1. The minimum atomic E-state index is -0.0144. The Morgan fingerprint density at radius 1 is 1.25 bits per heavy atom. The molecule has 4 aliphatic heterocycles. The molecule has 192 valence electrons. The number of fused-ring (bicyclic) bond motifs is 3. The first-order valence-corrected chi connectivity index (χ1v) is 13.3. The second kappa shape index (κ2) is 9.24. The molecule has 3 atom stereocenters. The summed E-state index contributed by atoms with van der Waals surface area (Å²) >= 11 is 1.37. The van der Waals surface area contributed by atoms with Gasteiger partial charge in [-0.3, -0.25) is 4.79 Å². The topological polar surface area (TPSA) is 142 Å². The molecule has 0 saturated carbocycles. The lowest BCUT2D eigenvalue weighted by atomic mass is 9.73. The number of aromatic nitrogens is 3. The van der Waals surface area contributed by atoms with Crippen molar-refractivity contribution in [3.05, 3.63) is 12.3 Å². The summed E-state index contributed by atoms with van der Waals surface area (Å²) in [7, 11) is 0. The summed E-state index contributed by atoms with van der Waals surface area (Å²) in [5.74, 6) is 2.65. The van der Waals surface area contributed by atoms with E-state index in [4.69, 9.17) is 25.7 Å². The Hall–Kier alpha value is -2.83. The predicted molar refractivity (Wildman–Crippen MR) is 135 cm³/mol. The van der Waals surface area contributed by atoms with Gasteiger partial charge in [0.1, 0.15) is 17.5 Å². The minimum Gasteiger partial charge on any atom is -0.486 e. The van der Waals surface area contributed by atoms with Crippen molar-refractivity contribution in [1.29, 1.82) is 0 Å². The van der Waals surface area contributed by atoms with Crippen LogP contribution >= 0.6 is 11.8 Å². The number of rotatable bonds is 5. The molecule has 0 bridgehead atoms. The quantitative estimate of drug-likeness (QED) is 0.563. The zero-order chi connectivity index (χ0) is 24.9. The van der Waals surface area contributed by atoms with E-state index >= 15 is 0 Å². The Bertz CT molecular complexity index is 1160. The molecule has 3 saturated heterocycles. The molecule has 6 heterocycles. The van der Waals surface area contributed by atoms with E-state index in [9.17, 15) is 4.79 Å². The molecule has 3 fully saturated rings. The van der Waals surface area contributed by atoms with Gasteiger partial charge in [0.25, 0.3) is 12.4 Å². The number of ether oxygens (including phenoxy) is 3. The van der Waals surface area contributed by atoms with Crippen LogP contribution in [0.3, 0.4) is 0 Å². The van der Waals surface area contributed by atoms with E-state index in [1.54, 1.807) is 12.3 Å². The van der Waals surface area contributed by atoms with Crippen LogP contribution in [0, 0.1) is 5.41 Å². The molecule has 0 amide bonds. The highest BCUT2D eigenvalue weighted by atomic mass is 32.2. The second-order valence-electron chi connectivity index (χ2n) is 10.0. The van der Waals surface area contributed by atoms with E-state index in [-0.39, 0.29) is 23.4 Å². The van der Waals surface area contributed by atoms with Gasteiger partial charge in [0.15, 0.2) is 17.4 Å². The van der Waals surface area contributed by atoms with Gasteiger partial charge in [-0.1, -0.05) is 11.8 Å². The van der Waals surface area contributed by atoms with Crippen LogP contribution in [0.5, 0.6) is 11.6 Å². The van der Waals surface area contributed by atoms with Crippen molar-refractivity contribution >= 4 is 35.7 Å². The first kappa shape index (κ1) is 23.6. The van der Waals surface area contributed by atoms with Crippen molar-refractivity contribution in [3.63, 3.8) is 0 Å². The maximum absolute atomic E-state index is 11.3. The van der Waals surface area contributed by atoms with Crippen LogP contribution in [0.4, 0.5) is 17.5 Å². The first-order valence-electron chi connectivity index (χ1n) is 12.4. The third-order valence-corrected chi connectivity index (χ3v) is 8.92. The molecular weight excluding hydrogens is 482 g/mol. The summed E-state index contributed by atoms with van der Waals surface area (Å²) in [4.78, 5) is 30.3. The van der Waals surface area contributed by atoms with Crippen LogP contribution in [-0.2, 0) is 9.53 Å². The van der Waals surface area contributed by atoms with E-state index in [1.807, 2.05) is 6.92 Å². The molecule has 0 aliphatic carbocycles. The van der Waals surface area contributed by atoms with E-state index < -0.39 is 0 Å². The number of nitrogens with zero attached hydrogens (tertiary/aromatic N) is 5. The number of pyridine rings is 1. The lowest BCUT2D eigenvalue weighted by Crippen LogP contribution is -2.50. The standard InChI is InChI=1S/C24H31N7O4S/c1-14-20(26)24(12-34-14)4-7-30(8-5-24)22-23(35-13-32)29-18(10-27-22)36-16-9-17(25)28-21-19(16)33-11-15-3-2-6-31(15)21/h9-10,13-15,20H,2-8,11-12,26H2,1H3,(H2,25,28)/t14-,15-,20+/m0/s1. The SMILES string of the molecule is C[C@@H]1OCC2(CCN(c3ncc(Sc4cc(N)nc5c4OC[C@@H]4CCCN54)nc3OC=O)CC2)[C@@H]1N. The van der Waals surface area contributed by atoms with Crippen LogP contribution in [0.25, 0.3) is 0 Å². The number of piperidine rings is 1. The zero-order valence-electron chi connectivity index (χ0n) is 20.3. The Morgan fingerprint density at radius 2 is 2.08 bits per heavy atom. The normalized spacial score (nSPS) is 26.4. The fourth-order valence-corrected chi connectivity index (χ4v) is 6.76. The predicted octanol–water partition coefficient (Wildman–Crippen LogP) is 1.83. The highest BCUT2D eigenvalue weighted by Crippen LogP contribution is 2.46. The average molecular weight is 514 g/mol.